The summed E-state index contributed by atoms with van der Waals surface area (Å²) in [5.74, 6) is 0.966. The summed E-state index contributed by atoms with van der Waals surface area (Å²) in [5.41, 5.74) is 11.3. The van der Waals surface area contributed by atoms with Crippen LogP contribution in [0.3, 0.4) is 0 Å². The number of carbonyl (C=O) groups excluding carboxylic acids is 1. The highest BCUT2D eigenvalue weighted by Crippen LogP contribution is 2.44. The molecule has 0 aromatic carbocycles. The highest BCUT2D eigenvalue weighted by Gasteiger charge is 2.30. The third-order valence-corrected chi connectivity index (χ3v) is 7.10. The maximum atomic E-state index is 11.4. The fourth-order valence-electron chi connectivity index (χ4n) is 4.61. The van der Waals surface area contributed by atoms with Gasteiger partial charge in [-0.3, -0.25) is 10.3 Å². The van der Waals surface area contributed by atoms with Crippen molar-refractivity contribution < 1.29 is 4.79 Å². The number of hydrogen-bond acceptors (Lipinski definition) is 7. The lowest BCUT2D eigenvalue weighted by Crippen LogP contribution is -2.19. The first-order chi connectivity index (χ1) is 16.2. The van der Waals surface area contributed by atoms with Gasteiger partial charge in [0, 0.05) is 48.9 Å². The summed E-state index contributed by atoms with van der Waals surface area (Å²) in [5, 5.41) is 8.20. The first-order valence-electron chi connectivity index (χ1n) is 11.0. The van der Waals surface area contributed by atoms with Crippen LogP contribution >= 0.6 is 11.3 Å². The molecule has 2 amide bonds. The fraction of sp³-hybridized carbons (Fsp3) is 0.261. The van der Waals surface area contributed by atoms with E-state index in [2.05, 4.69) is 31.2 Å². The van der Waals surface area contributed by atoms with Crippen LogP contribution in [0.25, 0.3) is 27.5 Å². The molecule has 1 saturated heterocycles. The number of amides is 2. The normalized spacial score (nSPS) is 14.7. The third kappa shape index (κ3) is 3.52. The number of nitrogens with zero attached hydrogens (tertiary/aromatic N) is 6. The van der Waals surface area contributed by atoms with E-state index in [1.807, 2.05) is 35.3 Å². The Balaban J connectivity index is 1.53. The lowest BCUT2D eigenvalue weighted by molar-refractivity contribution is 0.259. The molecule has 0 bridgehead atoms. The summed E-state index contributed by atoms with van der Waals surface area (Å²) in [6.45, 7) is 2.05. The van der Waals surface area contributed by atoms with Crippen molar-refractivity contribution in [2.24, 2.45) is 5.73 Å². The minimum atomic E-state index is -0.615. The van der Waals surface area contributed by atoms with Gasteiger partial charge >= 0.3 is 6.03 Å². The Hall–Kier alpha value is -3.79. The number of primary amides is 1. The van der Waals surface area contributed by atoms with Gasteiger partial charge in [-0.1, -0.05) is 11.3 Å². The van der Waals surface area contributed by atoms with Gasteiger partial charge < -0.3 is 10.6 Å². The van der Waals surface area contributed by atoms with E-state index in [9.17, 15) is 4.79 Å². The van der Waals surface area contributed by atoms with Crippen molar-refractivity contribution in [2.75, 3.05) is 23.3 Å². The van der Waals surface area contributed by atoms with E-state index in [1.54, 1.807) is 6.20 Å². The van der Waals surface area contributed by atoms with Crippen molar-refractivity contribution in [3.05, 3.63) is 54.1 Å². The van der Waals surface area contributed by atoms with Crippen LogP contribution in [-0.4, -0.2) is 43.9 Å². The molecule has 2 aliphatic rings. The summed E-state index contributed by atoms with van der Waals surface area (Å²) in [7, 11) is 0. The van der Waals surface area contributed by atoms with Gasteiger partial charge in [0.05, 0.1) is 27.6 Å². The maximum Gasteiger partial charge on any atom is 0.318 e. The monoisotopic (exact) mass is 458 g/mol. The lowest BCUT2D eigenvalue weighted by atomic mass is 9.95. The number of urea groups is 1. The summed E-state index contributed by atoms with van der Waals surface area (Å²) in [6.07, 6.45) is 9.40. The average Bonchev–Trinajstić information content (AvgIpc) is 3.57. The van der Waals surface area contributed by atoms with Crippen LogP contribution in [0.4, 0.5) is 15.7 Å². The van der Waals surface area contributed by atoms with Gasteiger partial charge in [-0.05, 0) is 43.9 Å². The van der Waals surface area contributed by atoms with E-state index in [-0.39, 0.29) is 0 Å². The summed E-state index contributed by atoms with van der Waals surface area (Å²) < 4.78 is 1.99. The highest BCUT2D eigenvalue weighted by molar-refractivity contribution is 7.19. The molecule has 0 saturated carbocycles. The van der Waals surface area contributed by atoms with Crippen molar-refractivity contribution in [3.8, 4) is 27.5 Å². The van der Waals surface area contributed by atoms with Gasteiger partial charge in [-0.2, -0.15) is 5.10 Å². The second kappa shape index (κ2) is 7.96. The molecule has 166 valence electrons. The first kappa shape index (κ1) is 19.9. The molecule has 4 aromatic heterocycles. The average molecular weight is 459 g/mol. The highest BCUT2D eigenvalue weighted by atomic mass is 32.1. The zero-order valence-corrected chi connectivity index (χ0v) is 18.7. The van der Waals surface area contributed by atoms with Crippen molar-refractivity contribution in [3.63, 3.8) is 0 Å². The van der Waals surface area contributed by atoms with Crippen LogP contribution in [-0.2, 0) is 12.8 Å². The van der Waals surface area contributed by atoms with Crippen molar-refractivity contribution in [2.45, 2.75) is 25.7 Å². The van der Waals surface area contributed by atoms with E-state index in [4.69, 9.17) is 10.8 Å². The minimum Gasteiger partial charge on any atom is -0.357 e. The number of nitrogens with one attached hydrogen (secondary N) is 1. The number of pyridine rings is 2. The van der Waals surface area contributed by atoms with Gasteiger partial charge in [0.2, 0.25) is 0 Å². The molecule has 0 radical (unpaired) electrons. The molecular formula is C23H22N8OS. The Kier molecular flexibility index (Phi) is 4.79. The Morgan fingerprint density at radius 2 is 2.03 bits per heavy atom. The Bertz CT molecular complexity index is 1340. The summed E-state index contributed by atoms with van der Waals surface area (Å²) in [4.78, 5) is 28.3. The van der Waals surface area contributed by atoms with Gasteiger partial charge in [0.15, 0.2) is 5.13 Å². The number of thiazole rings is 1. The second-order valence-electron chi connectivity index (χ2n) is 8.18. The number of carbonyl (C=O) groups is 1. The van der Waals surface area contributed by atoms with Crippen LogP contribution < -0.4 is 16.0 Å². The number of hydrogen-bond donors (Lipinski definition) is 2. The Morgan fingerprint density at radius 1 is 1.15 bits per heavy atom. The molecule has 10 heteroatoms. The molecule has 4 aromatic rings. The SMILES string of the molecule is NC(=O)Nc1nc2c(s1)-c1c(c(-c3cccnc3)nn1-c1ccnc(N3CCCC3)c1)CC2. The van der Waals surface area contributed by atoms with Crippen LogP contribution in [0.5, 0.6) is 0 Å². The first-order valence-corrected chi connectivity index (χ1v) is 11.8. The maximum absolute atomic E-state index is 11.4. The summed E-state index contributed by atoms with van der Waals surface area (Å²) >= 11 is 1.43. The predicted octanol–water partition coefficient (Wildman–Crippen LogP) is 3.64. The number of aromatic nitrogens is 5. The molecule has 1 fully saturated rings. The topological polar surface area (TPSA) is 115 Å². The third-order valence-electron chi connectivity index (χ3n) is 6.08. The standard InChI is InChI=1S/C23H22N8OS/c24-22(32)28-23-27-17-6-5-16-19(14-4-3-8-25-13-14)29-31(20(16)21(17)33-23)15-7-9-26-18(12-15)30-10-1-2-11-30/h3-4,7-9,12-13H,1-2,5-6,10-11H2,(H3,24,27,28,32). The zero-order chi connectivity index (χ0) is 22.4. The number of fused-ring (bicyclic) bond motifs is 3. The Labute approximate surface area is 194 Å². The van der Waals surface area contributed by atoms with Crippen LogP contribution in [0, 0.1) is 0 Å². The molecule has 3 N–H and O–H groups in total. The zero-order valence-electron chi connectivity index (χ0n) is 17.9. The van der Waals surface area contributed by atoms with Crippen LogP contribution in [0.1, 0.15) is 24.1 Å². The van der Waals surface area contributed by atoms with E-state index < -0.39 is 6.03 Å². The number of anilines is 2. The largest absolute Gasteiger partial charge is 0.357 e. The molecular weight excluding hydrogens is 436 g/mol. The quantitative estimate of drug-likeness (QED) is 0.482. The smallest absolute Gasteiger partial charge is 0.318 e. The van der Waals surface area contributed by atoms with Crippen LogP contribution in [0.2, 0.25) is 0 Å². The van der Waals surface area contributed by atoms with Gasteiger partial charge in [-0.25, -0.2) is 19.4 Å². The Morgan fingerprint density at radius 3 is 2.82 bits per heavy atom. The molecule has 5 heterocycles. The second-order valence-corrected chi connectivity index (χ2v) is 9.18. The molecule has 1 aliphatic heterocycles. The van der Waals surface area contributed by atoms with E-state index >= 15 is 0 Å². The molecule has 0 atom stereocenters. The number of nitrogens with two attached hydrogens (primary N) is 1. The van der Waals surface area contributed by atoms with Crippen molar-refractivity contribution >= 4 is 28.3 Å². The van der Waals surface area contributed by atoms with E-state index in [0.29, 0.717) is 5.13 Å². The van der Waals surface area contributed by atoms with Crippen molar-refractivity contribution in [1.29, 1.82) is 0 Å². The number of rotatable bonds is 4. The molecule has 33 heavy (non-hydrogen) atoms. The molecule has 9 nitrogen and oxygen atoms in total. The molecule has 1 aliphatic carbocycles. The van der Waals surface area contributed by atoms with Crippen molar-refractivity contribution in [1.82, 2.24) is 24.7 Å². The lowest BCUT2D eigenvalue weighted by Gasteiger charge is -2.18. The van der Waals surface area contributed by atoms with E-state index in [0.717, 1.165) is 70.5 Å². The van der Waals surface area contributed by atoms with E-state index in [1.165, 1.54) is 24.2 Å². The fourth-order valence-corrected chi connectivity index (χ4v) is 5.68. The molecule has 0 unspecified atom stereocenters. The summed E-state index contributed by atoms with van der Waals surface area (Å²) in [6, 6.07) is 7.43. The van der Waals surface area contributed by atoms with Gasteiger partial charge in [0.1, 0.15) is 5.82 Å². The molecule has 6 rings (SSSR count). The van der Waals surface area contributed by atoms with Crippen LogP contribution in [0.15, 0.2) is 42.9 Å². The predicted molar refractivity (Wildman–Crippen MR) is 128 cm³/mol. The van der Waals surface area contributed by atoms with Gasteiger partial charge in [-0.15, -0.1) is 0 Å². The van der Waals surface area contributed by atoms with Gasteiger partial charge in [0.25, 0.3) is 0 Å². The number of aryl methyl sites for hydroxylation is 1. The molecule has 0 spiro atoms. The minimum absolute atomic E-state index is 0.503.